The molecule has 2 N–H and O–H groups in total. The molecule has 2 aliphatic rings. The van der Waals surface area contributed by atoms with Gasteiger partial charge in [0.25, 0.3) is 0 Å². The predicted octanol–water partition coefficient (Wildman–Crippen LogP) is 2.36. The summed E-state index contributed by atoms with van der Waals surface area (Å²) in [5, 5.41) is 0. The summed E-state index contributed by atoms with van der Waals surface area (Å²) in [5.41, 5.74) is 7.33. The van der Waals surface area contributed by atoms with E-state index >= 15 is 0 Å². The smallest absolute Gasteiger partial charge is 0.410 e. The topological polar surface area (TPSA) is 64.8 Å². The number of anilines is 1. The van der Waals surface area contributed by atoms with Gasteiger partial charge in [-0.2, -0.15) is 0 Å². The molecule has 1 aromatic rings. The lowest BCUT2D eigenvalue weighted by atomic mass is 9.97. The molecule has 1 aromatic carbocycles. The van der Waals surface area contributed by atoms with Gasteiger partial charge in [0.15, 0.2) is 0 Å². The van der Waals surface area contributed by atoms with Crippen molar-refractivity contribution in [2.45, 2.75) is 38.4 Å². The molecule has 2 heterocycles. The van der Waals surface area contributed by atoms with Gasteiger partial charge in [-0.05, 0) is 32.9 Å². The van der Waals surface area contributed by atoms with Crippen molar-refractivity contribution in [2.75, 3.05) is 18.8 Å². The van der Waals surface area contributed by atoms with Crippen LogP contribution in [0.25, 0.3) is 0 Å². The Morgan fingerprint density at radius 2 is 2.15 bits per heavy atom. The average Bonchev–Trinajstić information content (AvgIpc) is 2.83. The molecule has 0 radical (unpaired) electrons. The van der Waals surface area contributed by atoms with E-state index in [9.17, 15) is 4.79 Å². The first-order valence-corrected chi connectivity index (χ1v) is 6.88. The summed E-state index contributed by atoms with van der Waals surface area (Å²) in [5.74, 6) is 1.00. The maximum atomic E-state index is 12.1. The monoisotopic (exact) mass is 276 g/mol. The maximum absolute atomic E-state index is 12.1. The van der Waals surface area contributed by atoms with Gasteiger partial charge < -0.3 is 20.1 Å². The van der Waals surface area contributed by atoms with Crippen molar-refractivity contribution in [3.8, 4) is 5.75 Å². The normalized spacial score (nSPS) is 24.1. The molecule has 5 heteroatoms. The lowest BCUT2D eigenvalue weighted by Gasteiger charge is -2.24. The van der Waals surface area contributed by atoms with Gasteiger partial charge in [-0.15, -0.1) is 0 Å². The Kier molecular flexibility index (Phi) is 2.81. The first kappa shape index (κ1) is 13.1. The van der Waals surface area contributed by atoms with Gasteiger partial charge in [-0.3, -0.25) is 0 Å². The Labute approximate surface area is 118 Å². The van der Waals surface area contributed by atoms with E-state index in [2.05, 4.69) is 0 Å². The fraction of sp³-hybridized carbons (Fsp3) is 0.533. The zero-order valence-corrected chi connectivity index (χ0v) is 12.1. The van der Waals surface area contributed by atoms with Gasteiger partial charge >= 0.3 is 6.09 Å². The first-order valence-electron chi connectivity index (χ1n) is 6.88. The fourth-order valence-electron chi connectivity index (χ4n) is 2.87. The molecule has 5 nitrogen and oxygen atoms in total. The Hall–Kier alpha value is -1.91. The molecular weight excluding hydrogens is 256 g/mol. The van der Waals surface area contributed by atoms with Gasteiger partial charge in [0.2, 0.25) is 0 Å². The van der Waals surface area contributed by atoms with Crippen molar-refractivity contribution in [1.29, 1.82) is 0 Å². The van der Waals surface area contributed by atoms with Gasteiger partial charge in [0, 0.05) is 23.7 Å². The molecule has 20 heavy (non-hydrogen) atoms. The number of hydrogen-bond acceptors (Lipinski definition) is 4. The third-order valence-corrected chi connectivity index (χ3v) is 3.67. The van der Waals surface area contributed by atoms with Crippen LogP contribution in [-0.4, -0.2) is 35.8 Å². The number of fused-ring (bicyclic) bond motifs is 3. The third kappa shape index (κ3) is 2.17. The number of rotatable bonds is 0. The summed E-state index contributed by atoms with van der Waals surface area (Å²) in [6.45, 7) is 6.75. The van der Waals surface area contributed by atoms with Crippen LogP contribution in [0.3, 0.4) is 0 Å². The second-order valence-corrected chi connectivity index (χ2v) is 6.41. The summed E-state index contributed by atoms with van der Waals surface area (Å²) in [4.78, 5) is 13.8. The van der Waals surface area contributed by atoms with Crippen LogP contribution in [0.2, 0.25) is 0 Å². The molecular formula is C15H20N2O3. The van der Waals surface area contributed by atoms with Crippen molar-refractivity contribution >= 4 is 11.8 Å². The molecule has 0 unspecified atom stereocenters. The molecule has 2 atom stereocenters. The predicted molar refractivity (Wildman–Crippen MR) is 75.8 cm³/mol. The van der Waals surface area contributed by atoms with E-state index in [0.717, 1.165) is 17.0 Å². The number of nitrogens with two attached hydrogens (primary N) is 1. The zero-order valence-electron chi connectivity index (χ0n) is 12.1. The maximum Gasteiger partial charge on any atom is 0.410 e. The van der Waals surface area contributed by atoms with E-state index in [1.54, 1.807) is 4.90 Å². The van der Waals surface area contributed by atoms with Crippen LogP contribution in [0, 0.1) is 0 Å². The summed E-state index contributed by atoms with van der Waals surface area (Å²) in [6, 6.07) is 5.70. The minimum absolute atomic E-state index is 0.0118. The van der Waals surface area contributed by atoms with Crippen molar-refractivity contribution in [3.63, 3.8) is 0 Å². The van der Waals surface area contributed by atoms with E-state index in [1.165, 1.54) is 0 Å². The van der Waals surface area contributed by atoms with E-state index in [4.69, 9.17) is 15.2 Å². The summed E-state index contributed by atoms with van der Waals surface area (Å²) < 4.78 is 11.3. The Bertz CT molecular complexity index is 551. The SMILES string of the molecule is CC(C)(C)OC(=O)N1C[C@@H]2Oc3cccc(N)c3[C@@H]2C1. The molecule has 0 saturated carbocycles. The zero-order chi connectivity index (χ0) is 14.5. The molecule has 1 saturated heterocycles. The fourth-order valence-corrected chi connectivity index (χ4v) is 2.87. The van der Waals surface area contributed by atoms with Gasteiger partial charge in [-0.25, -0.2) is 4.79 Å². The Morgan fingerprint density at radius 3 is 2.85 bits per heavy atom. The van der Waals surface area contributed by atoms with Crippen molar-refractivity contribution in [2.24, 2.45) is 0 Å². The molecule has 0 aromatic heterocycles. The molecule has 0 spiro atoms. The minimum Gasteiger partial charge on any atom is -0.487 e. The van der Waals surface area contributed by atoms with Gasteiger partial charge in [0.05, 0.1) is 6.54 Å². The van der Waals surface area contributed by atoms with Crippen LogP contribution in [0.4, 0.5) is 10.5 Å². The van der Waals surface area contributed by atoms with E-state index in [0.29, 0.717) is 13.1 Å². The number of amides is 1. The highest BCUT2D eigenvalue weighted by molar-refractivity contribution is 5.70. The summed E-state index contributed by atoms with van der Waals surface area (Å²) in [7, 11) is 0. The molecule has 1 amide bonds. The van der Waals surface area contributed by atoms with Crippen LogP contribution < -0.4 is 10.5 Å². The molecule has 2 aliphatic heterocycles. The van der Waals surface area contributed by atoms with E-state index in [1.807, 2.05) is 39.0 Å². The second-order valence-electron chi connectivity index (χ2n) is 6.41. The van der Waals surface area contributed by atoms with E-state index < -0.39 is 5.60 Å². The molecule has 3 rings (SSSR count). The lowest BCUT2D eigenvalue weighted by Crippen LogP contribution is -2.36. The molecule has 108 valence electrons. The number of likely N-dealkylation sites (tertiary alicyclic amines) is 1. The highest BCUT2D eigenvalue weighted by atomic mass is 16.6. The Balaban J connectivity index is 1.76. The van der Waals surface area contributed by atoms with Crippen molar-refractivity contribution in [1.82, 2.24) is 4.90 Å². The van der Waals surface area contributed by atoms with Crippen molar-refractivity contribution in [3.05, 3.63) is 23.8 Å². The molecule has 0 bridgehead atoms. The number of carbonyl (C=O) groups excluding carboxylic acids is 1. The number of hydrogen-bond donors (Lipinski definition) is 1. The van der Waals surface area contributed by atoms with Gasteiger partial charge in [-0.1, -0.05) is 6.07 Å². The van der Waals surface area contributed by atoms with Crippen LogP contribution in [0.15, 0.2) is 18.2 Å². The Morgan fingerprint density at radius 1 is 1.40 bits per heavy atom. The lowest BCUT2D eigenvalue weighted by molar-refractivity contribution is 0.0273. The van der Waals surface area contributed by atoms with Crippen molar-refractivity contribution < 1.29 is 14.3 Å². The highest BCUT2D eigenvalue weighted by Gasteiger charge is 2.45. The van der Waals surface area contributed by atoms with E-state index in [-0.39, 0.29) is 18.1 Å². The third-order valence-electron chi connectivity index (χ3n) is 3.67. The van der Waals surface area contributed by atoms with Crippen LogP contribution in [0.1, 0.15) is 32.3 Å². The molecule has 1 fully saturated rings. The molecule has 0 aliphatic carbocycles. The largest absolute Gasteiger partial charge is 0.487 e. The van der Waals surface area contributed by atoms with Gasteiger partial charge in [0.1, 0.15) is 17.5 Å². The second kappa shape index (κ2) is 4.30. The van der Waals surface area contributed by atoms with Crippen LogP contribution in [-0.2, 0) is 4.74 Å². The highest BCUT2D eigenvalue weighted by Crippen LogP contribution is 2.45. The number of carbonyl (C=O) groups is 1. The van der Waals surface area contributed by atoms with Crippen LogP contribution >= 0.6 is 0 Å². The first-order chi connectivity index (χ1) is 9.35. The number of nitrogens with zero attached hydrogens (tertiary/aromatic N) is 1. The number of nitrogen functional groups attached to an aromatic ring is 1. The quantitative estimate of drug-likeness (QED) is 0.739. The number of benzene rings is 1. The average molecular weight is 276 g/mol. The number of ether oxygens (including phenoxy) is 2. The standard InChI is InChI=1S/C15H20N2O3/c1-15(2,3)20-14(18)17-7-9-12(8-17)19-11-6-4-5-10(16)13(9)11/h4-6,9,12H,7-8,16H2,1-3H3/t9-,12+/m1/s1. The minimum atomic E-state index is -0.480. The summed E-state index contributed by atoms with van der Waals surface area (Å²) in [6.07, 6.45) is -0.297. The van der Waals surface area contributed by atoms with Crippen LogP contribution in [0.5, 0.6) is 5.75 Å². The summed E-state index contributed by atoms with van der Waals surface area (Å²) >= 11 is 0.